The molecule has 0 bridgehead atoms. The topological polar surface area (TPSA) is 50.5 Å². The van der Waals surface area contributed by atoms with E-state index < -0.39 is 0 Å². The Morgan fingerprint density at radius 2 is 1.93 bits per heavy atom. The zero-order chi connectivity index (χ0) is 19.6. The molecule has 6 heteroatoms. The van der Waals surface area contributed by atoms with E-state index in [4.69, 9.17) is 4.98 Å². The van der Waals surface area contributed by atoms with Gasteiger partial charge in [0, 0.05) is 30.2 Å². The summed E-state index contributed by atoms with van der Waals surface area (Å²) in [6.07, 6.45) is 2.58. The molecule has 0 aliphatic heterocycles. The molecule has 0 unspecified atom stereocenters. The van der Waals surface area contributed by atoms with Crippen molar-refractivity contribution >= 4 is 38.7 Å². The Morgan fingerprint density at radius 3 is 2.56 bits per heavy atom. The summed E-state index contributed by atoms with van der Waals surface area (Å²) >= 11 is 3.43. The summed E-state index contributed by atoms with van der Waals surface area (Å²) in [7, 11) is 4.00. The predicted molar refractivity (Wildman–Crippen MR) is 116 cm³/mol. The van der Waals surface area contributed by atoms with Gasteiger partial charge in [0.25, 0.3) is 5.56 Å². The lowest BCUT2D eigenvalue weighted by atomic mass is 10.1. The van der Waals surface area contributed by atoms with E-state index in [0.717, 1.165) is 22.1 Å². The van der Waals surface area contributed by atoms with Crippen LogP contribution in [0, 0.1) is 0 Å². The summed E-state index contributed by atoms with van der Waals surface area (Å²) < 4.78 is 2.28. The molecule has 0 aliphatic rings. The molecule has 0 fully saturated rings. The molecule has 1 atom stereocenters. The maximum Gasteiger partial charge on any atom is 0.282 e. The third-order valence-corrected chi connectivity index (χ3v) is 5.11. The number of hydrogen-bond acceptors (Lipinski definition) is 4. The molecule has 2 aromatic carbocycles. The molecule has 0 saturated carbocycles. The number of benzene rings is 2. The monoisotopic (exact) mass is 426 g/mol. The van der Waals surface area contributed by atoms with Crippen molar-refractivity contribution in [3.63, 3.8) is 0 Å². The van der Waals surface area contributed by atoms with E-state index in [1.165, 1.54) is 4.68 Å². The largest absolute Gasteiger partial charge is 0.378 e. The molecular weight excluding hydrogens is 404 g/mol. The molecular formula is C21H23BrN4O. The normalized spacial score (nSPS) is 12.6. The second-order valence-corrected chi connectivity index (χ2v) is 7.70. The first-order chi connectivity index (χ1) is 12.9. The van der Waals surface area contributed by atoms with E-state index in [2.05, 4.69) is 34.9 Å². The second kappa shape index (κ2) is 8.05. The van der Waals surface area contributed by atoms with Gasteiger partial charge in [-0.3, -0.25) is 4.79 Å². The van der Waals surface area contributed by atoms with E-state index in [0.29, 0.717) is 16.7 Å². The zero-order valence-corrected chi connectivity index (χ0v) is 17.6. The third-order valence-electron chi connectivity index (χ3n) is 4.62. The predicted octanol–water partition coefficient (Wildman–Crippen LogP) is 4.62. The van der Waals surface area contributed by atoms with Crippen LogP contribution < -0.4 is 10.5 Å². The summed E-state index contributed by atoms with van der Waals surface area (Å²) in [5, 5.41) is 5.04. The van der Waals surface area contributed by atoms with Crippen LogP contribution in [0.15, 0.2) is 56.8 Å². The lowest BCUT2D eigenvalue weighted by molar-refractivity contribution is 0.613. The Labute approximate surface area is 167 Å². The first-order valence-corrected chi connectivity index (χ1v) is 9.74. The van der Waals surface area contributed by atoms with E-state index in [9.17, 15) is 4.79 Å². The molecule has 3 rings (SSSR count). The van der Waals surface area contributed by atoms with Crippen LogP contribution >= 0.6 is 15.9 Å². The Balaban J connectivity index is 2.10. The Bertz CT molecular complexity index is 1040. The number of aromatic nitrogens is 2. The van der Waals surface area contributed by atoms with E-state index in [1.54, 1.807) is 12.3 Å². The standard InChI is InChI=1S/C21H23BrN4O/c1-5-14(2)20-24-19-11-8-16(22)12-18(19)21(27)26(20)23-13-15-6-9-17(10-7-15)25(3)4/h6-14H,5H2,1-4H3/t14-/m0/s1. The summed E-state index contributed by atoms with van der Waals surface area (Å²) in [5.74, 6) is 0.803. The summed E-state index contributed by atoms with van der Waals surface area (Å²) in [6.45, 7) is 4.14. The van der Waals surface area contributed by atoms with E-state index in [-0.39, 0.29) is 11.5 Å². The fourth-order valence-corrected chi connectivity index (χ4v) is 3.12. The molecule has 5 nitrogen and oxygen atoms in total. The van der Waals surface area contributed by atoms with Crippen LogP contribution in [-0.4, -0.2) is 30.0 Å². The van der Waals surface area contributed by atoms with Gasteiger partial charge in [-0.05, 0) is 42.3 Å². The van der Waals surface area contributed by atoms with E-state index >= 15 is 0 Å². The van der Waals surface area contributed by atoms with Crippen molar-refractivity contribution in [3.8, 4) is 0 Å². The minimum Gasteiger partial charge on any atom is -0.378 e. The lowest BCUT2D eigenvalue weighted by Gasteiger charge is -2.14. The van der Waals surface area contributed by atoms with Gasteiger partial charge in [-0.2, -0.15) is 9.78 Å². The van der Waals surface area contributed by atoms with Gasteiger partial charge in [0.2, 0.25) is 0 Å². The summed E-state index contributed by atoms with van der Waals surface area (Å²) in [4.78, 5) is 19.8. The van der Waals surface area contributed by atoms with Crippen molar-refractivity contribution in [2.24, 2.45) is 5.10 Å². The van der Waals surface area contributed by atoms with Crippen molar-refractivity contribution in [1.29, 1.82) is 0 Å². The van der Waals surface area contributed by atoms with Crippen LogP contribution in [0.25, 0.3) is 10.9 Å². The van der Waals surface area contributed by atoms with Crippen molar-refractivity contribution in [2.75, 3.05) is 19.0 Å². The maximum atomic E-state index is 13.1. The smallest absolute Gasteiger partial charge is 0.282 e. The van der Waals surface area contributed by atoms with Gasteiger partial charge in [0.1, 0.15) is 5.82 Å². The fourth-order valence-electron chi connectivity index (χ4n) is 2.76. The van der Waals surface area contributed by atoms with Crippen LogP contribution in [0.4, 0.5) is 5.69 Å². The first kappa shape index (κ1) is 19.3. The van der Waals surface area contributed by atoms with Gasteiger partial charge < -0.3 is 4.90 Å². The van der Waals surface area contributed by atoms with Gasteiger partial charge >= 0.3 is 0 Å². The highest BCUT2D eigenvalue weighted by atomic mass is 79.9. The molecule has 0 N–H and O–H groups in total. The number of halogens is 1. The van der Waals surface area contributed by atoms with Crippen molar-refractivity contribution in [3.05, 3.63) is 68.7 Å². The molecule has 0 spiro atoms. The Hall–Kier alpha value is -2.47. The molecule has 0 radical (unpaired) electrons. The molecule has 0 aliphatic carbocycles. The van der Waals surface area contributed by atoms with Crippen LogP contribution in [0.1, 0.15) is 37.6 Å². The highest BCUT2D eigenvalue weighted by Crippen LogP contribution is 2.21. The summed E-state index contributed by atoms with van der Waals surface area (Å²) in [6, 6.07) is 13.6. The molecule has 1 heterocycles. The fraction of sp³-hybridized carbons (Fsp3) is 0.286. The number of hydrogen-bond donors (Lipinski definition) is 0. The minimum atomic E-state index is -0.155. The van der Waals surface area contributed by atoms with Gasteiger partial charge in [0.15, 0.2) is 0 Å². The average Bonchev–Trinajstić information content (AvgIpc) is 2.67. The van der Waals surface area contributed by atoms with E-state index in [1.807, 2.05) is 55.4 Å². The minimum absolute atomic E-state index is 0.124. The van der Waals surface area contributed by atoms with Crippen LogP contribution in [-0.2, 0) is 0 Å². The third kappa shape index (κ3) is 4.11. The quantitative estimate of drug-likeness (QED) is 0.559. The molecule has 1 aromatic heterocycles. The van der Waals surface area contributed by atoms with Crippen LogP contribution in [0.3, 0.4) is 0 Å². The molecule has 27 heavy (non-hydrogen) atoms. The van der Waals surface area contributed by atoms with Crippen molar-refractivity contribution in [1.82, 2.24) is 9.66 Å². The number of fused-ring (bicyclic) bond motifs is 1. The number of anilines is 1. The molecule has 0 saturated heterocycles. The number of rotatable bonds is 5. The average molecular weight is 427 g/mol. The Morgan fingerprint density at radius 1 is 1.22 bits per heavy atom. The molecule has 0 amide bonds. The van der Waals surface area contributed by atoms with Gasteiger partial charge in [-0.1, -0.05) is 41.9 Å². The molecule has 3 aromatic rings. The highest BCUT2D eigenvalue weighted by Gasteiger charge is 2.15. The zero-order valence-electron chi connectivity index (χ0n) is 16.0. The molecule has 140 valence electrons. The number of nitrogens with zero attached hydrogens (tertiary/aromatic N) is 4. The first-order valence-electron chi connectivity index (χ1n) is 8.94. The SMILES string of the molecule is CC[C@H](C)c1nc2ccc(Br)cc2c(=O)n1N=Cc1ccc(N(C)C)cc1. The Kier molecular flexibility index (Phi) is 5.75. The van der Waals surface area contributed by atoms with Crippen molar-refractivity contribution in [2.45, 2.75) is 26.2 Å². The van der Waals surface area contributed by atoms with Gasteiger partial charge in [0.05, 0.1) is 17.1 Å². The highest BCUT2D eigenvalue weighted by molar-refractivity contribution is 9.10. The van der Waals surface area contributed by atoms with Crippen LogP contribution in [0.2, 0.25) is 0 Å². The summed E-state index contributed by atoms with van der Waals surface area (Å²) in [5.41, 5.74) is 2.58. The van der Waals surface area contributed by atoms with Crippen molar-refractivity contribution < 1.29 is 0 Å². The maximum absolute atomic E-state index is 13.1. The van der Waals surface area contributed by atoms with Crippen LogP contribution in [0.5, 0.6) is 0 Å². The van der Waals surface area contributed by atoms with Gasteiger partial charge in [-0.15, -0.1) is 0 Å². The lowest BCUT2D eigenvalue weighted by Crippen LogP contribution is -2.23. The second-order valence-electron chi connectivity index (χ2n) is 6.79. The van der Waals surface area contributed by atoms with Gasteiger partial charge in [-0.25, -0.2) is 4.98 Å².